The van der Waals surface area contributed by atoms with Gasteiger partial charge in [-0.05, 0) is 42.4 Å². The highest BCUT2D eigenvalue weighted by Crippen LogP contribution is 2.20. The van der Waals surface area contributed by atoms with Crippen LogP contribution in [-0.2, 0) is 13.1 Å². The molecule has 2 rings (SSSR count). The van der Waals surface area contributed by atoms with Gasteiger partial charge in [-0.1, -0.05) is 45.7 Å². The summed E-state index contributed by atoms with van der Waals surface area (Å²) in [6, 6.07) is 13.0. The molecule has 0 amide bonds. The number of hydrogen-bond donors (Lipinski definition) is 1. The van der Waals surface area contributed by atoms with Crippen molar-refractivity contribution in [2.45, 2.75) is 13.1 Å². The van der Waals surface area contributed by atoms with Crippen LogP contribution in [0.15, 0.2) is 46.9 Å². The highest BCUT2D eigenvalue weighted by molar-refractivity contribution is 9.10. The zero-order valence-corrected chi connectivity index (χ0v) is 13.9. The molecule has 0 atom stereocenters. The third-order valence-corrected chi connectivity index (χ3v) is 3.93. The molecule has 0 spiro atoms. The first-order valence-electron chi connectivity index (χ1n) is 6.40. The van der Waals surface area contributed by atoms with Crippen LogP contribution >= 0.6 is 27.5 Å². The smallest absolute Gasteiger partial charge is 0.335 e. The van der Waals surface area contributed by atoms with Crippen molar-refractivity contribution in [2.75, 3.05) is 7.05 Å². The number of carbonyl (C=O) groups is 1. The van der Waals surface area contributed by atoms with Crippen LogP contribution in [0, 0.1) is 0 Å². The Bertz CT molecular complexity index is 660. The van der Waals surface area contributed by atoms with Gasteiger partial charge in [0.15, 0.2) is 0 Å². The van der Waals surface area contributed by atoms with Crippen LogP contribution in [0.4, 0.5) is 0 Å². The van der Waals surface area contributed by atoms with Crippen molar-refractivity contribution in [1.29, 1.82) is 0 Å². The summed E-state index contributed by atoms with van der Waals surface area (Å²) in [5.41, 5.74) is 2.32. The molecule has 2 aromatic rings. The average molecular weight is 369 g/mol. The third-order valence-electron chi connectivity index (χ3n) is 3.08. The fourth-order valence-corrected chi connectivity index (χ4v) is 2.79. The van der Waals surface area contributed by atoms with Gasteiger partial charge in [-0.3, -0.25) is 4.90 Å². The number of rotatable bonds is 5. The first kappa shape index (κ1) is 16.0. The van der Waals surface area contributed by atoms with E-state index in [4.69, 9.17) is 16.7 Å². The average Bonchev–Trinajstić information content (AvgIpc) is 2.40. The van der Waals surface area contributed by atoms with Gasteiger partial charge in [-0.25, -0.2) is 4.79 Å². The van der Waals surface area contributed by atoms with Crippen LogP contribution in [0.2, 0.25) is 5.02 Å². The van der Waals surface area contributed by atoms with Gasteiger partial charge < -0.3 is 5.11 Å². The van der Waals surface area contributed by atoms with Crippen molar-refractivity contribution < 1.29 is 9.90 Å². The Morgan fingerprint density at radius 3 is 2.62 bits per heavy atom. The number of carboxylic acid groups (broad SMARTS) is 1. The Hall–Kier alpha value is -1.36. The fourth-order valence-electron chi connectivity index (χ4n) is 2.10. The molecule has 3 nitrogen and oxygen atoms in total. The maximum Gasteiger partial charge on any atom is 0.335 e. The lowest BCUT2D eigenvalue weighted by molar-refractivity contribution is 0.0697. The van der Waals surface area contributed by atoms with E-state index in [1.807, 2.05) is 19.2 Å². The van der Waals surface area contributed by atoms with E-state index >= 15 is 0 Å². The lowest BCUT2D eigenvalue weighted by Crippen LogP contribution is -2.17. The molecule has 0 heterocycles. The molecule has 0 unspecified atom stereocenters. The Morgan fingerprint density at radius 1 is 1.24 bits per heavy atom. The van der Waals surface area contributed by atoms with Gasteiger partial charge in [0.25, 0.3) is 0 Å². The summed E-state index contributed by atoms with van der Waals surface area (Å²) < 4.78 is 1.05. The zero-order chi connectivity index (χ0) is 15.4. The number of carboxylic acids is 1. The number of nitrogens with zero attached hydrogens (tertiary/aromatic N) is 1. The molecule has 0 saturated heterocycles. The molecular weight excluding hydrogens is 354 g/mol. The molecule has 0 bridgehead atoms. The predicted molar refractivity (Wildman–Crippen MR) is 87.7 cm³/mol. The first-order chi connectivity index (χ1) is 9.95. The van der Waals surface area contributed by atoms with Crippen LogP contribution in [0.3, 0.4) is 0 Å². The summed E-state index contributed by atoms with van der Waals surface area (Å²) in [4.78, 5) is 13.0. The van der Waals surface area contributed by atoms with Gasteiger partial charge in [0.2, 0.25) is 0 Å². The molecule has 0 fully saturated rings. The predicted octanol–water partition coefficient (Wildman–Crippen LogP) is 4.43. The summed E-state index contributed by atoms with van der Waals surface area (Å²) in [5, 5.41) is 9.41. The molecule has 1 N–H and O–H groups in total. The first-order valence-corrected chi connectivity index (χ1v) is 7.57. The van der Waals surface area contributed by atoms with Crippen molar-refractivity contribution in [2.24, 2.45) is 0 Å². The van der Waals surface area contributed by atoms with Crippen molar-refractivity contribution in [3.63, 3.8) is 0 Å². The molecule has 0 aliphatic heterocycles. The molecule has 0 aliphatic rings. The monoisotopic (exact) mass is 367 g/mol. The molecule has 0 radical (unpaired) electrons. The molecule has 0 aliphatic carbocycles. The van der Waals surface area contributed by atoms with Crippen LogP contribution < -0.4 is 0 Å². The number of aromatic carboxylic acids is 1. The summed E-state index contributed by atoms with van der Waals surface area (Å²) in [6.07, 6.45) is 0. The van der Waals surface area contributed by atoms with Crippen LogP contribution in [-0.4, -0.2) is 23.0 Å². The highest BCUT2D eigenvalue weighted by atomic mass is 79.9. The molecule has 0 aromatic heterocycles. The van der Waals surface area contributed by atoms with Gasteiger partial charge in [0.1, 0.15) is 0 Å². The Balaban J connectivity index is 2.06. The van der Waals surface area contributed by atoms with Crippen LogP contribution in [0.25, 0.3) is 0 Å². The standard InChI is InChI=1S/C16H15BrClNO2/c1-19(9-11-3-2-4-14(17)7-11)10-13-6-5-12(16(20)21)8-15(13)18/h2-8H,9-10H2,1H3,(H,20,21). The van der Waals surface area contributed by atoms with Gasteiger partial charge in [-0.15, -0.1) is 0 Å². The second-order valence-electron chi connectivity index (χ2n) is 4.91. The minimum Gasteiger partial charge on any atom is -0.478 e. The van der Waals surface area contributed by atoms with E-state index < -0.39 is 5.97 Å². The normalized spacial score (nSPS) is 10.9. The topological polar surface area (TPSA) is 40.5 Å². The second kappa shape index (κ2) is 7.07. The van der Waals surface area contributed by atoms with E-state index in [-0.39, 0.29) is 5.56 Å². The highest BCUT2D eigenvalue weighted by Gasteiger charge is 2.09. The summed E-state index contributed by atoms with van der Waals surface area (Å²) in [7, 11) is 2.00. The zero-order valence-electron chi connectivity index (χ0n) is 11.5. The summed E-state index contributed by atoms with van der Waals surface area (Å²) >= 11 is 9.61. The Kier molecular flexibility index (Phi) is 5.39. The van der Waals surface area contributed by atoms with E-state index in [0.717, 1.165) is 16.6 Å². The largest absolute Gasteiger partial charge is 0.478 e. The molecular formula is C16H15BrClNO2. The number of halogens is 2. The molecule has 5 heteroatoms. The Morgan fingerprint density at radius 2 is 2.00 bits per heavy atom. The minimum atomic E-state index is -0.967. The number of benzene rings is 2. The minimum absolute atomic E-state index is 0.207. The van der Waals surface area contributed by atoms with Gasteiger partial charge in [0, 0.05) is 22.6 Å². The SMILES string of the molecule is CN(Cc1cccc(Br)c1)Cc1ccc(C(=O)O)cc1Cl. The van der Waals surface area contributed by atoms with E-state index in [2.05, 4.69) is 33.0 Å². The summed E-state index contributed by atoms with van der Waals surface area (Å²) in [6.45, 7) is 1.45. The third kappa shape index (κ3) is 4.56. The van der Waals surface area contributed by atoms with Crippen molar-refractivity contribution in [3.8, 4) is 0 Å². The summed E-state index contributed by atoms with van der Waals surface area (Å²) in [5.74, 6) is -0.967. The maximum absolute atomic E-state index is 10.9. The quantitative estimate of drug-likeness (QED) is 0.848. The van der Waals surface area contributed by atoms with E-state index in [1.54, 1.807) is 12.1 Å². The molecule has 0 saturated carbocycles. The fraction of sp³-hybridized carbons (Fsp3) is 0.188. The molecule has 110 valence electrons. The van der Waals surface area contributed by atoms with Crippen molar-refractivity contribution >= 4 is 33.5 Å². The van der Waals surface area contributed by atoms with E-state index in [0.29, 0.717) is 11.6 Å². The Labute approximate surface area is 137 Å². The van der Waals surface area contributed by atoms with Crippen LogP contribution in [0.5, 0.6) is 0 Å². The maximum atomic E-state index is 10.9. The van der Waals surface area contributed by atoms with Gasteiger partial charge >= 0.3 is 5.97 Å². The molecule has 21 heavy (non-hydrogen) atoms. The van der Waals surface area contributed by atoms with E-state index in [9.17, 15) is 4.79 Å². The van der Waals surface area contributed by atoms with Crippen molar-refractivity contribution in [1.82, 2.24) is 4.90 Å². The lowest BCUT2D eigenvalue weighted by atomic mass is 10.1. The lowest BCUT2D eigenvalue weighted by Gasteiger charge is -2.18. The van der Waals surface area contributed by atoms with E-state index in [1.165, 1.54) is 11.6 Å². The van der Waals surface area contributed by atoms with Gasteiger partial charge in [0.05, 0.1) is 5.56 Å². The number of hydrogen-bond acceptors (Lipinski definition) is 2. The second-order valence-corrected chi connectivity index (χ2v) is 6.24. The van der Waals surface area contributed by atoms with Crippen LogP contribution in [0.1, 0.15) is 21.5 Å². The van der Waals surface area contributed by atoms with Gasteiger partial charge in [-0.2, -0.15) is 0 Å². The van der Waals surface area contributed by atoms with Crippen molar-refractivity contribution in [3.05, 3.63) is 68.7 Å². The molecule has 2 aromatic carbocycles.